The number of para-hydroxylation sites is 2. The Balaban J connectivity index is 1.41. The van der Waals surface area contributed by atoms with Gasteiger partial charge >= 0.3 is 6.03 Å². The van der Waals surface area contributed by atoms with Crippen LogP contribution in [0, 0.1) is 0 Å². The van der Waals surface area contributed by atoms with E-state index in [2.05, 4.69) is 21.2 Å². The zero-order chi connectivity index (χ0) is 20.3. The molecule has 7 nitrogen and oxygen atoms in total. The summed E-state index contributed by atoms with van der Waals surface area (Å²) in [6.45, 7) is -0.0937. The molecule has 7 heteroatoms. The molecule has 0 aromatic heterocycles. The van der Waals surface area contributed by atoms with E-state index in [1.54, 1.807) is 48.5 Å². The minimum absolute atomic E-state index is 0.0937. The molecule has 0 aliphatic rings. The lowest BCUT2D eigenvalue weighted by molar-refractivity contribution is -0.118. The number of carbonyl (C=O) groups is 2. The minimum Gasteiger partial charge on any atom is -0.484 e. The fourth-order valence-corrected chi connectivity index (χ4v) is 2.36. The molecule has 3 aromatic rings. The number of rotatable bonds is 7. The summed E-state index contributed by atoms with van der Waals surface area (Å²) in [5, 5.41) is 9.30. The topological polar surface area (TPSA) is 91.8 Å². The number of carbonyl (C=O) groups excluding carboxylic acids is 2. The molecule has 0 atom stereocenters. The van der Waals surface area contributed by atoms with Crippen LogP contribution in [0.15, 0.2) is 90.0 Å². The molecule has 3 amide bonds. The van der Waals surface area contributed by atoms with Crippen molar-refractivity contribution in [2.45, 2.75) is 0 Å². The molecule has 3 aromatic carbocycles. The van der Waals surface area contributed by atoms with Crippen LogP contribution in [0.25, 0.3) is 0 Å². The summed E-state index contributed by atoms with van der Waals surface area (Å²) in [5.41, 5.74) is 4.56. The number of urea groups is 1. The number of hydrogen-bond donors (Lipinski definition) is 3. The van der Waals surface area contributed by atoms with Crippen molar-refractivity contribution >= 4 is 29.5 Å². The first-order valence-electron chi connectivity index (χ1n) is 8.92. The molecule has 0 spiro atoms. The van der Waals surface area contributed by atoms with Crippen LogP contribution in [-0.2, 0) is 4.79 Å². The monoisotopic (exact) mass is 388 g/mol. The van der Waals surface area contributed by atoms with Gasteiger partial charge < -0.3 is 15.4 Å². The van der Waals surface area contributed by atoms with Crippen LogP contribution < -0.4 is 20.8 Å². The summed E-state index contributed by atoms with van der Waals surface area (Å²) >= 11 is 0. The van der Waals surface area contributed by atoms with E-state index in [1.807, 2.05) is 36.4 Å². The number of hydrogen-bond acceptors (Lipinski definition) is 4. The lowest BCUT2D eigenvalue weighted by Gasteiger charge is -2.07. The SMILES string of the molecule is O=C(COc1ccc(/C=N\NC(=O)Nc2ccccc2)cc1)Nc1ccccc1. The number of amides is 3. The van der Waals surface area contributed by atoms with Gasteiger partial charge in [-0.15, -0.1) is 0 Å². The molecular weight excluding hydrogens is 368 g/mol. The lowest BCUT2D eigenvalue weighted by Crippen LogP contribution is -2.24. The van der Waals surface area contributed by atoms with Gasteiger partial charge in [-0.2, -0.15) is 5.10 Å². The lowest BCUT2D eigenvalue weighted by atomic mass is 10.2. The number of benzene rings is 3. The Hall–Kier alpha value is -4.13. The molecule has 3 rings (SSSR count). The van der Waals surface area contributed by atoms with Crippen LogP contribution in [0.1, 0.15) is 5.56 Å². The summed E-state index contributed by atoms with van der Waals surface area (Å²) in [6, 6.07) is 24.8. The first-order chi connectivity index (χ1) is 14.2. The average molecular weight is 388 g/mol. The first kappa shape index (κ1) is 19.6. The van der Waals surface area contributed by atoms with Crippen molar-refractivity contribution in [1.82, 2.24) is 5.43 Å². The van der Waals surface area contributed by atoms with Gasteiger partial charge in [0, 0.05) is 11.4 Å². The maximum Gasteiger partial charge on any atom is 0.339 e. The maximum absolute atomic E-state index is 11.9. The predicted octanol–water partition coefficient (Wildman–Crippen LogP) is 3.86. The van der Waals surface area contributed by atoms with E-state index in [0.29, 0.717) is 11.4 Å². The zero-order valence-corrected chi connectivity index (χ0v) is 15.5. The van der Waals surface area contributed by atoms with Crippen molar-refractivity contribution in [3.8, 4) is 5.75 Å². The van der Waals surface area contributed by atoms with Crippen molar-refractivity contribution < 1.29 is 14.3 Å². The van der Waals surface area contributed by atoms with Gasteiger partial charge in [-0.25, -0.2) is 10.2 Å². The summed E-state index contributed by atoms with van der Waals surface area (Å²) in [5.74, 6) is 0.315. The molecule has 146 valence electrons. The highest BCUT2D eigenvalue weighted by Crippen LogP contribution is 2.11. The number of ether oxygens (including phenoxy) is 1. The normalized spacial score (nSPS) is 10.3. The number of nitrogens with zero attached hydrogens (tertiary/aromatic N) is 1. The highest BCUT2D eigenvalue weighted by Gasteiger charge is 2.03. The summed E-state index contributed by atoms with van der Waals surface area (Å²) in [7, 11) is 0. The van der Waals surface area contributed by atoms with Gasteiger partial charge in [0.1, 0.15) is 5.75 Å². The number of nitrogens with one attached hydrogen (secondary N) is 3. The highest BCUT2D eigenvalue weighted by molar-refractivity contribution is 5.92. The van der Waals surface area contributed by atoms with Crippen LogP contribution in [-0.4, -0.2) is 24.8 Å². The number of hydrazone groups is 1. The second-order valence-electron chi connectivity index (χ2n) is 5.96. The second kappa shape index (κ2) is 10.3. The standard InChI is InChI=1S/C22H20N4O3/c27-21(24-18-7-3-1-4-8-18)16-29-20-13-11-17(12-14-20)15-23-26-22(28)25-19-9-5-2-6-10-19/h1-15H,16H2,(H,24,27)(H2,25,26,28)/b23-15-. The van der Waals surface area contributed by atoms with E-state index in [4.69, 9.17) is 4.74 Å². The second-order valence-corrected chi connectivity index (χ2v) is 5.96. The van der Waals surface area contributed by atoms with Gasteiger partial charge in [0.05, 0.1) is 6.21 Å². The fraction of sp³-hybridized carbons (Fsp3) is 0.0455. The Morgan fingerprint density at radius 1 is 0.793 bits per heavy atom. The molecule has 29 heavy (non-hydrogen) atoms. The van der Waals surface area contributed by atoms with Gasteiger partial charge in [-0.3, -0.25) is 4.79 Å². The largest absolute Gasteiger partial charge is 0.484 e. The molecule has 0 aliphatic heterocycles. The Labute approximate surface area is 168 Å². The van der Waals surface area contributed by atoms with Crippen LogP contribution in [0.4, 0.5) is 16.2 Å². The quantitative estimate of drug-likeness (QED) is 0.424. The molecule has 0 fully saturated rings. The van der Waals surface area contributed by atoms with Gasteiger partial charge in [0.2, 0.25) is 0 Å². The number of anilines is 2. The van der Waals surface area contributed by atoms with Crippen molar-refractivity contribution in [3.05, 3.63) is 90.5 Å². The summed E-state index contributed by atoms with van der Waals surface area (Å²) < 4.78 is 5.47. The van der Waals surface area contributed by atoms with E-state index >= 15 is 0 Å². The minimum atomic E-state index is -0.433. The molecule has 0 radical (unpaired) electrons. The van der Waals surface area contributed by atoms with Crippen molar-refractivity contribution in [1.29, 1.82) is 0 Å². The van der Waals surface area contributed by atoms with Crippen molar-refractivity contribution in [2.75, 3.05) is 17.2 Å². The molecule has 0 heterocycles. The molecule has 0 saturated heterocycles. The van der Waals surface area contributed by atoms with Gasteiger partial charge in [-0.1, -0.05) is 36.4 Å². The highest BCUT2D eigenvalue weighted by atomic mass is 16.5. The van der Waals surface area contributed by atoms with Crippen LogP contribution in [0.3, 0.4) is 0 Å². The Morgan fingerprint density at radius 2 is 1.38 bits per heavy atom. The van der Waals surface area contributed by atoms with Gasteiger partial charge in [-0.05, 0) is 54.1 Å². The average Bonchev–Trinajstić information content (AvgIpc) is 2.75. The Kier molecular flexibility index (Phi) is 6.95. The van der Waals surface area contributed by atoms with E-state index in [-0.39, 0.29) is 12.5 Å². The molecule has 3 N–H and O–H groups in total. The predicted molar refractivity (Wildman–Crippen MR) is 113 cm³/mol. The molecule has 0 aliphatic carbocycles. The Bertz CT molecular complexity index is 958. The van der Waals surface area contributed by atoms with E-state index in [1.165, 1.54) is 6.21 Å². The van der Waals surface area contributed by atoms with E-state index in [0.717, 1.165) is 11.3 Å². The van der Waals surface area contributed by atoms with Crippen LogP contribution in [0.2, 0.25) is 0 Å². The maximum atomic E-state index is 11.9. The smallest absolute Gasteiger partial charge is 0.339 e. The van der Waals surface area contributed by atoms with E-state index in [9.17, 15) is 9.59 Å². The van der Waals surface area contributed by atoms with Crippen LogP contribution >= 0.6 is 0 Å². The van der Waals surface area contributed by atoms with Crippen molar-refractivity contribution in [2.24, 2.45) is 5.10 Å². The van der Waals surface area contributed by atoms with Crippen LogP contribution in [0.5, 0.6) is 5.75 Å². The van der Waals surface area contributed by atoms with Gasteiger partial charge in [0.15, 0.2) is 6.61 Å². The third-order valence-corrected chi connectivity index (χ3v) is 3.72. The molecule has 0 bridgehead atoms. The third kappa shape index (κ3) is 6.84. The van der Waals surface area contributed by atoms with Gasteiger partial charge in [0.25, 0.3) is 5.91 Å². The molecule has 0 unspecified atom stereocenters. The fourth-order valence-electron chi connectivity index (χ4n) is 2.36. The Morgan fingerprint density at radius 3 is 2.00 bits per heavy atom. The summed E-state index contributed by atoms with van der Waals surface area (Å²) in [6.07, 6.45) is 1.51. The summed E-state index contributed by atoms with van der Waals surface area (Å²) in [4.78, 5) is 23.6. The zero-order valence-electron chi connectivity index (χ0n) is 15.5. The van der Waals surface area contributed by atoms with E-state index < -0.39 is 6.03 Å². The molecule has 0 saturated carbocycles. The first-order valence-corrected chi connectivity index (χ1v) is 8.92. The molecular formula is C22H20N4O3. The van der Waals surface area contributed by atoms with Crippen molar-refractivity contribution in [3.63, 3.8) is 0 Å². The third-order valence-electron chi connectivity index (χ3n) is 3.72.